The monoisotopic (exact) mass is 458 g/mol. The lowest BCUT2D eigenvalue weighted by Gasteiger charge is -2.21. The van der Waals surface area contributed by atoms with Crippen molar-refractivity contribution in [1.82, 2.24) is 10.6 Å². The summed E-state index contributed by atoms with van der Waals surface area (Å²) in [6.07, 6.45) is 1.53. The summed E-state index contributed by atoms with van der Waals surface area (Å²) in [6, 6.07) is 22.5. The predicted molar refractivity (Wildman–Crippen MR) is 129 cm³/mol. The van der Waals surface area contributed by atoms with Crippen molar-refractivity contribution in [3.05, 3.63) is 95.1 Å². The molecule has 7 heteroatoms. The molecule has 3 aromatic rings. The van der Waals surface area contributed by atoms with Gasteiger partial charge in [0.05, 0.1) is 7.11 Å². The molecular formula is C27H26N2O5. The van der Waals surface area contributed by atoms with Crippen LogP contribution >= 0.6 is 0 Å². The average molecular weight is 459 g/mol. The molecule has 2 N–H and O–H groups in total. The Balaban J connectivity index is 1.60. The summed E-state index contributed by atoms with van der Waals surface area (Å²) in [7, 11) is 1.53. The maximum atomic E-state index is 13.1. The van der Waals surface area contributed by atoms with Crippen LogP contribution in [-0.2, 0) is 22.7 Å². The summed E-state index contributed by atoms with van der Waals surface area (Å²) in [6.45, 7) is 1.43. The molecular weight excluding hydrogens is 432 g/mol. The Morgan fingerprint density at radius 1 is 0.853 bits per heavy atom. The summed E-state index contributed by atoms with van der Waals surface area (Å²) in [4.78, 5) is 26.2. The molecule has 0 fully saturated rings. The highest BCUT2D eigenvalue weighted by molar-refractivity contribution is 6.21. The van der Waals surface area contributed by atoms with Crippen molar-refractivity contribution in [2.45, 2.75) is 13.1 Å². The van der Waals surface area contributed by atoms with E-state index in [2.05, 4.69) is 10.6 Å². The number of nitrogens with one attached hydrogen (secondary N) is 2. The molecule has 174 valence electrons. The molecule has 4 rings (SSSR count). The summed E-state index contributed by atoms with van der Waals surface area (Å²) in [5.41, 5.74) is 2.42. The third-order valence-electron chi connectivity index (χ3n) is 5.24. The molecule has 7 nitrogen and oxygen atoms in total. The standard InChI is InChI=1S/C27H26N2O5/c1-32-23-15-21(16-24-25(23)34-13-12-33-24)14-22(26(30)28-17-19-8-4-2-5-9-19)27(31)29-18-20-10-6-3-7-11-20/h2-11,14-16H,12-13,17-18H2,1H3,(H,28,30)(H,29,31). The number of hydrogen-bond acceptors (Lipinski definition) is 5. The highest BCUT2D eigenvalue weighted by Gasteiger charge is 2.21. The second-order valence-electron chi connectivity index (χ2n) is 7.64. The van der Waals surface area contributed by atoms with Gasteiger partial charge in [0.1, 0.15) is 18.8 Å². The van der Waals surface area contributed by atoms with Crippen LogP contribution in [0.2, 0.25) is 0 Å². The third kappa shape index (κ3) is 5.75. The third-order valence-corrected chi connectivity index (χ3v) is 5.24. The van der Waals surface area contributed by atoms with E-state index in [1.165, 1.54) is 13.2 Å². The molecule has 0 radical (unpaired) electrons. The van der Waals surface area contributed by atoms with Gasteiger partial charge in [0.2, 0.25) is 5.75 Å². The molecule has 1 heterocycles. The number of carbonyl (C=O) groups is 2. The summed E-state index contributed by atoms with van der Waals surface area (Å²) in [5.74, 6) is 0.517. The van der Waals surface area contributed by atoms with E-state index in [9.17, 15) is 9.59 Å². The molecule has 0 unspecified atom stereocenters. The van der Waals surface area contributed by atoms with Gasteiger partial charge in [0, 0.05) is 13.1 Å². The minimum Gasteiger partial charge on any atom is -0.493 e. The van der Waals surface area contributed by atoms with E-state index in [1.54, 1.807) is 12.1 Å². The van der Waals surface area contributed by atoms with Gasteiger partial charge in [0.15, 0.2) is 11.5 Å². The number of hydrogen-bond donors (Lipinski definition) is 2. The second kappa shape index (κ2) is 11.0. The molecule has 1 aliphatic heterocycles. The van der Waals surface area contributed by atoms with Gasteiger partial charge in [-0.05, 0) is 34.9 Å². The van der Waals surface area contributed by atoms with Crippen LogP contribution in [0.1, 0.15) is 16.7 Å². The molecule has 0 saturated carbocycles. The lowest BCUT2D eigenvalue weighted by atomic mass is 10.1. The maximum absolute atomic E-state index is 13.1. The molecule has 34 heavy (non-hydrogen) atoms. The second-order valence-corrected chi connectivity index (χ2v) is 7.64. The van der Waals surface area contributed by atoms with Crippen molar-refractivity contribution >= 4 is 17.9 Å². The van der Waals surface area contributed by atoms with Crippen LogP contribution in [0.5, 0.6) is 17.2 Å². The maximum Gasteiger partial charge on any atom is 0.257 e. The normalized spacial score (nSPS) is 11.8. The SMILES string of the molecule is COc1cc(C=C(C(=O)NCc2ccccc2)C(=O)NCc2ccccc2)cc2c1OCCO2. The number of carbonyl (C=O) groups excluding carboxylic acids is 2. The van der Waals surface area contributed by atoms with E-state index in [0.717, 1.165) is 11.1 Å². The van der Waals surface area contributed by atoms with Gasteiger partial charge in [-0.15, -0.1) is 0 Å². The molecule has 0 atom stereocenters. The Bertz CT molecular complexity index is 1100. The van der Waals surface area contributed by atoms with E-state index in [-0.39, 0.29) is 5.57 Å². The molecule has 1 aliphatic rings. The van der Waals surface area contributed by atoms with Crippen LogP contribution in [0, 0.1) is 0 Å². The zero-order chi connectivity index (χ0) is 23.8. The Kier molecular flexibility index (Phi) is 7.45. The van der Waals surface area contributed by atoms with Crippen molar-refractivity contribution < 1.29 is 23.8 Å². The van der Waals surface area contributed by atoms with Gasteiger partial charge in [-0.3, -0.25) is 9.59 Å². The number of amides is 2. The van der Waals surface area contributed by atoms with Crippen molar-refractivity contribution in [2.75, 3.05) is 20.3 Å². The fourth-order valence-corrected chi connectivity index (χ4v) is 3.52. The number of fused-ring (bicyclic) bond motifs is 1. The van der Waals surface area contributed by atoms with Gasteiger partial charge < -0.3 is 24.8 Å². The molecule has 2 amide bonds. The quantitative estimate of drug-likeness (QED) is 0.307. The lowest BCUT2D eigenvalue weighted by molar-refractivity contribution is -0.123. The van der Waals surface area contributed by atoms with Crippen LogP contribution in [0.15, 0.2) is 78.4 Å². The van der Waals surface area contributed by atoms with Crippen molar-refractivity contribution in [2.24, 2.45) is 0 Å². The molecule has 3 aromatic carbocycles. The first kappa shape index (κ1) is 22.9. The van der Waals surface area contributed by atoms with Crippen molar-refractivity contribution in [1.29, 1.82) is 0 Å². The largest absolute Gasteiger partial charge is 0.493 e. The molecule has 0 aliphatic carbocycles. The van der Waals surface area contributed by atoms with Crippen LogP contribution in [0.4, 0.5) is 0 Å². The minimum absolute atomic E-state index is 0.0226. The highest BCUT2D eigenvalue weighted by Crippen LogP contribution is 2.40. The van der Waals surface area contributed by atoms with E-state index in [0.29, 0.717) is 49.1 Å². The number of benzene rings is 3. The number of rotatable bonds is 8. The Hall–Kier alpha value is -4.26. The highest BCUT2D eigenvalue weighted by atomic mass is 16.6. The van der Waals surface area contributed by atoms with Gasteiger partial charge in [0.25, 0.3) is 11.8 Å². The fraction of sp³-hybridized carbons (Fsp3) is 0.185. The minimum atomic E-state index is -0.483. The van der Waals surface area contributed by atoms with Crippen LogP contribution < -0.4 is 24.8 Å². The van der Waals surface area contributed by atoms with Crippen molar-refractivity contribution in [3.63, 3.8) is 0 Å². The van der Waals surface area contributed by atoms with Crippen LogP contribution in [0.25, 0.3) is 6.08 Å². The van der Waals surface area contributed by atoms with Gasteiger partial charge in [-0.1, -0.05) is 60.7 Å². The number of ether oxygens (including phenoxy) is 3. The summed E-state index contributed by atoms with van der Waals surface area (Å²) >= 11 is 0. The van der Waals surface area contributed by atoms with E-state index < -0.39 is 11.8 Å². The predicted octanol–water partition coefficient (Wildman–Crippen LogP) is 3.48. The Morgan fingerprint density at radius 2 is 1.41 bits per heavy atom. The Morgan fingerprint density at radius 3 is 1.97 bits per heavy atom. The van der Waals surface area contributed by atoms with Gasteiger partial charge >= 0.3 is 0 Å². The number of methoxy groups -OCH3 is 1. The zero-order valence-electron chi connectivity index (χ0n) is 18.9. The molecule has 0 saturated heterocycles. The van der Waals surface area contributed by atoms with E-state index in [4.69, 9.17) is 14.2 Å². The zero-order valence-corrected chi connectivity index (χ0v) is 18.9. The van der Waals surface area contributed by atoms with Crippen molar-refractivity contribution in [3.8, 4) is 17.2 Å². The first-order chi connectivity index (χ1) is 16.6. The van der Waals surface area contributed by atoms with Crippen LogP contribution in [0.3, 0.4) is 0 Å². The molecule has 0 bridgehead atoms. The fourth-order valence-electron chi connectivity index (χ4n) is 3.52. The first-order valence-electron chi connectivity index (χ1n) is 11.0. The topological polar surface area (TPSA) is 85.9 Å². The van der Waals surface area contributed by atoms with Gasteiger partial charge in [-0.2, -0.15) is 0 Å². The summed E-state index contributed by atoms with van der Waals surface area (Å²) in [5, 5.41) is 5.67. The molecule has 0 spiro atoms. The van der Waals surface area contributed by atoms with E-state index in [1.807, 2.05) is 60.7 Å². The first-order valence-corrected chi connectivity index (χ1v) is 11.0. The average Bonchev–Trinajstić information content (AvgIpc) is 2.89. The Labute approximate surface area is 198 Å². The van der Waals surface area contributed by atoms with E-state index >= 15 is 0 Å². The van der Waals surface area contributed by atoms with Crippen LogP contribution in [-0.4, -0.2) is 32.1 Å². The summed E-state index contributed by atoms with van der Waals surface area (Å²) < 4.78 is 16.8. The molecule has 0 aromatic heterocycles. The lowest BCUT2D eigenvalue weighted by Crippen LogP contribution is -2.34. The van der Waals surface area contributed by atoms with Gasteiger partial charge in [-0.25, -0.2) is 0 Å². The smallest absolute Gasteiger partial charge is 0.257 e.